The largest absolute Gasteiger partial charge is 0.481 e. The quantitative estimate of drug-likeness (QED) is 0.792. The van der Waals surface area contributed by atoms with Gasteiger partial charge in [0, 0.05) is 32.7 Å². The fourth-order valence-electron chi connectivity index (χ4n) is 2.54. The first-order valence-electron chi connectivity index (χ1n) is 7.28. The van der Waals surface area contributed by atoms with E-state index in [4.69, 9.17) is 5.11 Å². The Morgan fingerprint density at radius 3 is 2.30 bits per heavy atom. The number of rotatable bonds is 6. The minimum absolute atomic E-state index is 0.0220. The first kappa shape index (κ1) is 16.8. The molecule has 2 amide bonds. The van der Waals surface area contributed by atoms with Gasteiger partial charge in [-0.3, -0.25) is 4.79 Å². The zero-order valence-corrected chi connectivity index (χ0v) is 13.0. The lowest BCUT2D eigenvalue weighted by Crippen LogP contribution is -2.45. The van der Waals surface area contributed by atoms with Crippen LogP contribution in [-0.2, 0) is 4.79 Å². The molecular formula is C14H27N3O3. The summed E-state index contributed by atoms with van der Waals surface area (Å²) in [7, 11) is 3.96. The van der Waals surface area contributed by atoms with Crippen molar-refractivity contribution in [3.05, 3.63) is 0 Å². The molecule has 1 N–H and O–H groups in total. The Hall–Kier alpha value is -1.30. The van der Waals surface area contributed by atoms with Crippen LogP contribution >= 0.6 is 0 Å². The Balaban J connectivity index is 2.63. The van der Waals surface area contributed by atoms with E-state index >= 15 is 0 Å². The highest BCUT2D eigenvalue weighted by molar-refractivity contribution is 5.77. The van der Waals surface area contributed by atoms with Crippen LogP contribution in [0.4, 0.5) is 4.79 Å². The van der Waals surface area contributed by atoms with E-state index in [1.807, 2.05) is 37.7 Å². The zero-order chi connectivity index (χ0) is 15.3. The summed E-state index contributed by atoms with van der Waals surface area (Å²) >= 11 is 0. The average molecular weight is 285 g/mol. The highest BCUT2D eigenvalue weighted by atomic mass is 16.4. The fraction of sp³-hybridized carbons (Fsp3) is 0.857. The highest BCUT2D eigenvalue weighted by Crippen LogP contribution is 2.24. The predicted molar refractivity (Wildman–Crippen MR) is 77.7 cm³/mol. The summed E-state index contributed by atoms with van der Waals surface area (Å²) in [5, 5.41) is 9.14. The third-order valence-electron chi connectivity index (χ3n) is 3.78. The van der Waals surface area contributed by atoms with Crippen molar-refractivity contribution < 1.29 is 14.7 Å². The number of carboxylic acids is 1. The topological polar surface area (TPSA) is 64.1 Å². The van der Waals surface area contributed by atoms with Crippen LogP contribution in [0.2, 0.25) is 0 Å². The number of hydrogen-bond donors (Lipinski definition) is 1. The molecule has 0 bridgehead atoms. The lowest BCUT2D eigenvalue weighted by Gasteiger charge is -2.29. The Morgan fingerprint density at radius 1 is 1.20 bits per heavy atom. The van der Waals surface area contributed by atoms with Crippen LogP contribution in [0.15, 0.2) is 0 Å². The molecule has 0 saturated carbocycles. The standard InChI is InChI=1S/C14H27N3O3/c1-5-6-16(8-7-15(3)4)14(20)17-9-11(2)12(10-17)13(18)19/h11-12H,5-10H2,1-4H3,(H,18,19)/t11-,12-/m1/s1. The molecule has 0 radical (unpaired) electrons. The van der Waals surface area contributed by atoms with E-state index in [2.05, 4.69) is 0 Å². The van der Waals surface area contributed by atoms with Crippen molar-refractivity contribution in [3.63, 3.8) is 0 Å². The number of urea groups is 1. The molecular weight excluding hydrogens is 258 g/mol. The number of likely N-dealkylation sites (tertiary alicyclic amines) is 1. The van der Waals surface area contributed by atoms with E-state index in [-0.39, 0.29) is 11.9 Å². The SMILES string of the molecule is CCCN(CCN(C)C)C(=O)N1C[C@@H](C)[C@H](C(=O)O)C1. The van der Waals surface area contributed by atoms with Crippen molar-refractivity contribution in [1.82, 2.24) is 14.7 Å². The molecule has 1 aliphatic rings. The van der Waals surface area contributed by atoms with Crippen molar-refractivity contribution >= 4 is 12.0 Å². The summed E-state index contributed by atoms with van der Waals surface area (Å²) in [5.41, 5.74) is 0. The maximum atomic E-state index is 12.5. The van der Waals surface area contributed by atoms with Crippen LogP contribution in [0, 0.1) is 11.8 Å². The molecule has 1 aliphatic heterocycles. The molecule has 0 aromatic heterocycles. The number of likely N-dealkylation sites (N-methyl/N-ethyl adjacent to an activating group) is 1. The summed E-state index contributed by atoms with van der Waals surface area (Å²) in [6.07, 6.45) is 0.908. The Bertz CT molecular complexity index is 347. The van der Waals surface area contributed by atoms with Gasteiger partial charge in [-0.2, -0.15) is 0 Å². The molecule has 116 valence electrons. The van der Waals surface area contributed by atoms with Crippen LogP contribution in [0.5, 0.6) is 0 Å². The lowest BCUT2D eigenvalue weighted by atomic mass is 9.99. The van der Waals surface area contributed by atoms with Crippen molar-refractivity contribution in [3.8, 4) is 0 Å². The summed E-state index contributed by atoms with van der Waals surface area (Å²) in [6.45, 7) is 7.03. The van der Waals surface area contributed by atoms with Crippen molar-refractivity contribution in [2.45, 2.75) is 20.3 Å². The van der Waals surface area contributed by atoms with Gasteiger partial charge in [0.25, 0.3) is 0 Å². The Labute approximate surface area is 121 Å². The van der Waals surface area contributed by atoms with E-state index in [1.165, 1.54) is 0 Å². The van der Waals surface area contributed by atoms with Gasteiger partial charge in [-0.05, 0) is 26.4 Å². The molecule has 20 heavy (non-hydrogen) atoms. The second-order valence-electron chi connectivity index (χ2n) is 5.90. The Morgan fingerprint density at radius 2 is 1.85 bits per heavy atom. The van der Waals surface area contributed by atoms with Crippen LogP contribution in [-0.4, -0.2) is 78.6 Å². The number of aliphatic carboxylic acids is 1. The second-order valence-corrected chi connectivity index (χ2v) is 5.90. The number of hydrogen-bond acceptors (Lipinski definition) is 3. The summed E-state index contributed by atoms with van der Waals surface area (Å²) in [4.78, 5) is 29.2. The third kappa shape index (κ3) is 4.37. The molecule has 0 spiro atoms. The number of amides is 2. The van der Waals surface area contributed by atoms with Crippen molar-refractivity contribution in [1.29, 1.82) is 0 Å². The van der Waals surface area contributed by atoms with Gasteiger partial charge >= 0.3 is 12.0 Å². The summed E-state index contributed by atoms with van der Waals surface area (Å²) < 4.78 is 0. The van der Waals surface area contributed by atoms with Crippen LogP contribution in [0.25, 0.3) is 0 Å². The number of nitrogens with zero attached hydrogens (tertiary/aromatic N) is 3. The molecule has 1 rings (SSSR count). The van der Waals surface area contributed by atoms with Gasteiger partial charge in [0.15, 0.2) is 0 Å². The maximum absolute atomic E-state index is 12.5. The van der Waals surface area contributed by atoms with Gasteiger partial charge in [-0.25, -0.2) is 4.79 Å². The van der Waals surface area contributed by atoms with E-state index in [0.29, 0.717) is 19.6 Å². The van der Waals surface area contributed by atoms with Crippen LogP contribution < -0.4 is 0 Å². The van der Waals surface area contributed by atoms with E-state index < -0.39 is 11.9 Å². The van der Waals surface area contributed by atoms with E-state index in [0.717, 1.165) is 19.5 Å². The van der Waals surface area contributed by atoms with Gasteiger partial charge in [-0.1, -0.05) is 13.8 Å². The predicted octanol–water partition coefficient (Wildman–Crippen LogP) is 1.03. The molecule has 0 aliphatic carbocycles. The number of carbonyl (C=O) groups is 2. The van der Waals surface area contributed by atoms with Gasteiger partial charge in [0.2, 0.25) is 0 Å². The molecule has 1 fully saturated rings. The first-order valence-corrected chi connectivity index (χ1v) is 7.28. The molecule has 0 aromatic rings. The molecule has 1 heterocycles. The first-order chi connectivity index (χ1) is 9.36. The van der Waals surface area contributed by atoms with Gasteiger partial charge in [0.05, 0.1) is 5.92 Å². The Kier molecular flexibility index (Phi) is 6.26. The molecule has 0 aromatic carbocycles. The molecule has 6 heteroatoms. The maximum Gasteiger partial charge on any atom is 0.320 e. The number of carboxylic acid groups (broad SMARTS) is 1. The fourth-order valence-corrected chi connectivity index (χ4v) is 2.54. The third-order valence-corrected chi connectivity index (χ3v) is 3.78. The van der Waals surface area contributed by atoms with Gasteiger partial charge < -0.3 is 19.8 Å². The molecule has 2 atom stereocenters. The molecule has 0 unspecified atom stereocenters. The normalized spacial score (nSPS) is 22.4. The second kappa shape index (κ2) is 7.47. The lowest BCUT2D eigenvalue weighted by molar-refractivity contribution is -0.142. The molecule has 1 saturated heterocycles. The van der Waals surface area contributed by atoms with Gasteiger partial charge in [-0.15, -0.1) is 0 Å². The minimum Gasteiger partial charge on any atom is -0.481 e. The van der Waals surface area contributed by atoms with Crippen LogP contribution in [0.1, 0.15) is 20.3 Å². The minimum atomic E-state index is -0.803. The smallest absolute Gasteiger partial charge is 0.320 e. The van der Waals surface area contributed by atoms with Crippen molar-refractivity contribution in [2.75, 3.05) is 46.8 Å². The zero-order valence-electron chi connectivity index (χ0n) is 13.0. The average Bonchev–Trinajstić information content (AvgIpc) is 2.75. The van der Waals surface area contributed by atoms with E-state index in [9.17, 15) is 9.59 Å². The van der Waals surface area contributed by atoms with Gasteiger partial charge in [0.1, 0.15) is 0 Å². The number of carbonyl (C=O) groups excluding carboxylic acids is 1. The summed E-state index contributed by atoms with van der Waals surface area (Å²) in [5.74, 6) is -1.21. The van der Waals surface area contributed by atoms with Crippen molar-refractivity contribution in [2.24, 2.45) is 11.8 Å². The molecule has 6 nitrogen and oxygen atoms in total. The summed E-state index contributed by atoms with van der Waals surface area (Å²) in [6, 6.07) is -0.0238. The highest BCUT2D eigenvalue weighted by Gasteiger charge is 2.38. The monoisotopic (exact) mass is 285 g/mol. The van der Waals surface area contributed by atoms with Crippen LogP contribution in [0.3, 0.4) is 0 Å². The van der Waals surface area contributed by atoms with E-state index in [1.54, 1.807) is 4.90 Å².